The molecule has 0 radical (unpaired) electrons. The number of hydrogen-bond acceptors (Lipinski definition) is 2. The van der Waals surface area contributed by atoms with Gasteiger partial charge >= 0.3 is 0 Å². The van der Waals surface area contributed by atoms with Gasteiger partial charge in [0.1, 0.15) is 0 Å². The zero-order valence-corrected chi connectivity index (χ0v) is 10.6. The molecule has 0 aliphatic heterocycles. The summed E-state index contributed by atoms with van der Waals surface area (Å²) in [4.78, 5) is 7.83. The second kappa shape index (κ2) is 4.18. The Labute approximate surface area is 107 Å². The summed E-state index contributed by atoms with van der Waals surface area (Å²) in [5, 5.41) is 2.22. The Hall–Kier alpha value is -0.870. The normalized spacial score (nSPS) is 19.6. The van der Waals surface area contributed by atoms with Gasteiger partial charge in [-0.05, 0) is 60.8 Å². The average Bonchev–Trinajstić information content (AvgIpc) is 2.87. The summed E-state index contributed by atoms with van der Waals surface area (Å²) >= 11 is 6.95. The Kier molecular flexibility index (Phi) is 2.69. The molecule has 0 saturated heterocycles. The zero-order valence-electron chi connectivity index (χ0n) is 8.95. The quantitative estimate of drug-likeness (QED) is 0.781. The first-order chi connectivity index (χ1) is 7.81. The third-order valence-corrected chi connectivity index (χ3v) is 4.53. The van der Waals surface area contributed by atoms with E-state index < -0.39 is 0 Å². The van der Waals surface area contributed by atoms with E-state index in [-0.39, 0.29) is 2.85 Å². The maximum atomic E-state index is 5.04. The highest BCUT2D eigenvalue weighted by atomic mass is 32.1. The number of aryl methyl sites for hydroxylation is 1. The molecule has 1 unspecified atom stereocenters. The molecule has 0 spiro atoms. The molecule has 0 fully saturated rings. The van der Waals surface area contributed by atoms with E-state index in [0.717, 1.165) is 17.1 Å². The number of rotatable bonds is 2. The highest BCUT2D eigenvalue weighted by Gasteiger charge is 2.19. The van der Waals surface area contributed by atoms with Crippen molar-refractivity contribution in [1.29, 1.82) is 0 Å². The molecule has 2 N–H and O–H groups in total. The highest BCUT2D eigenvalue weighted by molar-refractivity contribution is 7.71. The van der Waals surface area contributed by atoms with Crippen LogP contribution in [-0.2, 0) is 19.3 Å². The maximum Gasteiger partial charge on any atom is 0.174 e. The molecule has 4 heteroatoms. The SMILES string of the molecule is S=c1[nH]cc(CC2CCc3sccc3C2)[nH]1.[HH].[HH]. The fraction of sp³-hybridized carbons (Fsp3) is 0.417. The summed E-state index contributed by atoms with van der Waals surface area (Å²) in [5.41, 5.74) is 2.81. The van der Waals surface area contributed by atoms with Gasteiger partial charge in [0.15, 0.2) is 4.77 Å². The van der Waals surface area contributed by atoms with E-state index in [2.05, 4.69) is 21.4 Å². The third-order valence-electron chi connectivity index (χ3n) is 3.29. The first-order valence-electron chi connectivity index (χ1n) is 5.63. The van der Waals surface area contributed by atoms with Gasteiger partial charge in [0, 0.05) is 19.6 Å². The molecule has 0 aromatic carbocycles. The summed E-state index contributed by atoms with van der Waals surface area (Å²) < 4.78 is 0.738. The van der Waals surface area contributed by atoms with Crippen LogP contribution in [0, 0.1) is 10.7 Å². The molecule has 2 nitrogen and oxygen atoms in total. The standard InChI is InChI=1S/C12H14N2S2.2H2/c15-12-13-7-10(14-12)6-8-1-2-11-9(5-8)3-4-16-11;;/h3-4,7-8H,1-2,5-6H2,(H2,13,14,15);2*1H. The van der Waals surface area contributed by atoms with E-state index in [0.29, 0.717) is 0 Å². The van der Waals surface area contributed by atoms with Gasteiger partial charge < -0.3 is 9.97 Å². The van der Waals surface area contributed by atoms with Crippen LogP contribution in [0.4, 0.5) is 0 Å². The van der Waals surface area contributed by atoms with Gasteiger partial charge in [-0.15, -0.1) is 11.3 Å². The molecule has 0 amide bonds. The van der Waals surface area contributed by atoms with Crippen molar-refractivity contribution in [3.8, 4) is 0 Å². The van der Waals surface area contributed by atoms with Crippen LogP contribution in [0.15, 0.2) is 17.6 Å². The Bertz CT molecular complexity index is 544. The molecule has 1 atom stereocenters. The van der Waals surface area contributed by atoms with Crippen molar-refractivity contribution in [2.75, 3.05) is 0 Å². The van der Waals surface area contributed by atoms with Gasteiger partial charge in [-0.25, -0.2) is 0 Å². The maximum absolute atomic E-state index is 5.04. The monoisotopic (exact) mass is 254 g/mol. The molecular weight excluding hydrogens is 236 g/mol. The van der Waals surface area contributed by atoms with Gasteiger partial charge in [-0.3, -0.25) is 0 Å². The number of H-pyrrole nitrogens is 2. The predicted octanol–water partition coefficient (Wildman–Crippen LogP) is 3.97. The molecule has 1 aliphatic carbocycles. The molecule has 2 heterocycles. The summed E-state index contributed by atoms with van der Waals surface area (Å²) in [6.45, 7) is 0. The molecule has 0 bridgehead atoms. The molecular formula is C12H18N2S2. The van der Waals surface area contributed by atoms with Crippen molar-refractivity contribution in [1.82, 2.24) is 9.97 Å². The minimum atomic E-state index is 0. The summed E-state index contributed by atoms with van der Waals surface area (Å²) in [7, 11) is 0. The Morgan fingerprint density at radius 2 is 2.50 bits per heavy atom. The summed E-state index contributed by atoms with van der Waals surface area (Å²) in [5.74, 6) is 0.767. The van der Waals surface area contributed by atoms with Crippen LogP contribution in [0.3, 0.4) is 0 Å². The molecule has 88 valence electrons. The predicted molar refractivity (Wildman–Crippen MR) is 73.7 cm³/mol. The van der Waals surface area contributed by atoms with Crippen LogP contribution >= 0.6 is 23.6 Å². The second-order valence-electron chi connectivity index (χ2n) is 4.45. The van der Waals surface area contributed by atoms with Crippen molar-refractivity contribution in [2.24, 2.45) is 5.92 Å². The number of nitrogens with one attached hydrogen (secondary N) is 2. The number of imidazole rings is 1. The van der Waals surface area contributed by atoms with Crippen molar-refractivity contribution in [3.63, 3.8) is 0 Å². The van der Waals surface area contributed by atoms with E-state index >= 15 is 0 Å². The zero-order chi connectivity index (χ0) is 11.0. The van der Waals surface area contributed by atoms with Crippen LogP contribution in [0.5, 0.6) is 0 Å². The fourth-order valence-corrected chi connectivity index (χ4v) is 3.61. The van der Waals surface area contributed by atoms with Crippen LogP contribution in [0.2, 0.25) is 0 Å². The van der Waals surface area contributed by atoms with E-state index in [1.807, 2.05) is 17.5 Å². The number of hydrogen-bond donors (Lipinski definition) is 2. The fourth-order valence-electron chi connectivity index (χ4n) is 2.48. The van der Waals surface area contributed by atoms with Crippen LogP contribution < -0.4 is 0 Å². The van der Waals surface area contributed by atoms with Crippen molar-refractivity contribution in [3.05, 3.63) is 38.5 Å². The number of aromatic amines is 2. The topological polar surface area (TPSA) is 31.6 Å². The summed E-state index contributed by atoms with van der Waals surface area (Å²) in [6.07, 6.45) is 6.90. The number of fused-ring (bicyclic) bond motifs is 1. The molecule has 0 saturated carbocycles. The van der Waals surface area contributed by atoms with E-state index in [9.17, 15) is 0 Å². The average molecular weight is 254 g/mol. The van der Waals surface area contributed by atoms with E-state index in [4.69, 9.17) is 12.2 Å². The lowest BCUT2D eigenvalue weighted by molar-refractivity contribution is 0.456. The number of thiophene rings is 1. The van der Waals surface area contributed by atoms with Gasteiger partial charge in [-0.2, -0.15) is 0 Å². The Morgan fingerprint density at radius 1 is 1.56 bits per heavy atom. The van der Waals surface area contributed by atoms with E-state index in [1.54, 1.807) is 10.4 Å². The lowest BCUT2D eigenvalue weighted by Crippen LogP contribution is -2.14. The smallest absolute Gasteiger partial charge is 0.174 e. The molecule has 16 heavy (non-hydrogen) atoms. The highest BCUT2D eigenvalue weighted by Crippen LogP contribution is 2.30. The van der Waals surface area contributed by atoms with Gasteiger partial charge in [0.05, 0.1) is 0 Å². The van der Waals surface area contributed by atoms with Gasteiger partial charge in [-0.1, -0.05) is 0 Å². The van der Waals surface area contributed by atoms with Crippen LogP contribution in [0.1, 0.15) is 25.4 Å². The molecule has 3 rings (SSSR count). The minimum absolute atomic E-state index is 0. The minimum Gasteiger partial charge on any atom is -0.337 e. The van der Waals surface area contributed by atoms with Gasteiger partial charge in [0.2, 0.25) is 0 Å². The lowest BCUT2D eigenvalue weighted by atomic mass is 9.86. The van der Waals surface area contributed by atoms with Crippen LogP contribution in [-0.4, -0.2) is 9.97 Å². The van der Waals surface area contributed by atoms with Crippen molar-refractivity contribution < 1.29 is 2.85 Å². The van der Waals surface area contributed by atoms with Crippen LogP contribution in [0.25, 0.3) is 0 Å². The lowest BCUT2D eigenvalue weighted by Gasteiger charge is -2.21. The van der Waals surface area contributed by atoms with E-state index in [1.165, 1.54) is 25.0 Å². The first-order valence-corrected chi connectivity index (χ1v) is 6.92. The molecule has 2 aromatic heterocycles. The van der Waals surface area contributed by atoms with Gasteiger partial charge in [0.25, 0.3) is 0 Å². The van der Waals surface area contributed by atoms with Crippen molar-refractivity contribution >= 4 is 23.6 Å². The summed E-state index contributed by atoms with van der Waals surface area (Å²) in [6, 6.07) is 2.28. The molecule has 1 aliphatic rings. The largest absolute Gasteiger partial charge is 0.337 e. The second-order valence-corrected chi connectivity index (χ2v) is 5.86. The molecule has 2 aromatic rings. The Balaban J connectivity index is 0.000000810. The van der Waals surface area contributed by atoms with Crippen molar-refractivity contribution in [2.45, 2.75) is 25.7 Å². The first kappa shape index (κ1) is 10.3. The third kappa shape index (κ3) is 1.99. The number of aromatic nitrogens is 2. The Morgan fingerprint density at radius 3 is 3.31 bits per heavy atom.